The molecule has 0 spiro atoms. The first-order valence-electron chi connectivity index (χ1n) is 5.25. The van der Waals surface area contributed by atoms with E-state index in [0.29, 0.717) is 18.0 Å². The van der Waals surface area contributed by atoms with E-state index in [9.17, 15) is 4.79 Å². The third-order valence-corrected chi connectivity index (χ3v) is 2.48. The molecule has 2 rings (SSSR count). The summed E-state index contributed by atoms with van der Waals surface area (Å²) in [5, 5.41) is 11.6. The van der Waals surface area contributed by atoms with E-state index in [4.69, 9.17) is 20.3 Å². The Labute approximate surface area is 98.3 Å². The number of carboxylic acids is 1. The summed E-state index contributed by atoms with van der Waals surface area (Å²) in [7, 11) is 0. The lowest BCUT2D eigenvalue weighted by Gasteiger charge is -2.09. The second kappa shape index (κ2) is 5.03. The Hall–Kier alpha value is -1.79. The molecule has 92 valence electrons. The molecule has 1 atom stereocenters. The van der Waals surface area contributed by atoms with Gasteiger partial charge in [0.05, 0.1) is 0 Å². The highest BCUT2D eigenvalue weighted by molar-refractivity contribution is 5.73. The average Bonchev–Trinajstić information content (AvgIpc) is 2.77. The van der Waals surface area contributed by atoms with E-state index >= 15 is 0 Å². The van der Waals surface area contributed by atoms with Crippen molar-refractivity contribution in [3.8, 4) is 11.5 Å². The molecular formula is C11H14N2O4. The van der Waals surface area contributed by atoms with Crippen LogP contribution in [-0.2, 0) is 11.3 Å². The lowest BCUT2D eigenvalue weighted by molar-refractivity contribution is -0.138. The standard InChI is InChI=1S/C11H14N2O4/c12-8(11(14)15)5-13-4-7-2-1-3-9-10(7)17-6-16-9/h1-3,8,13H,4-6,12H2,(H,14,15). The molecule has 0 radical (unpaired) electrons. The molecule has 0 saturated heterocycles. The lowest BCUT2D eigenvalue weighted by atomic mass is 10.2. The summed E-state index contributed by atoms with van der Waals surface area (Å²) in [6.45, 7) is 0.925. The number of nitrogens with two attached hydrogens (primary N) is 1. The zero-order chi connectivity index (χ0) is 12.3. The van der Waals surface area contributed by atoms with Crippen LogP contribution in [0, 0.1) is 0 Å². The first-order valence-corrected chi connectivity index (χ1v) is 5.25. The molecule has 0 bridgehead atoms. The lowest BCUT2D eigenvalue weighted by Crippen LogP contribution is -2.40. The first kappa shape index (κ1) is 11.7. The van der Waals surface area contributed by atoms with Crippen LogP contribution in [0.1, 0.15) is 5.56 Å². The van der Waals surface area contributed by atoms with Crippen LogP contribution in [0.3, 0.4) is 0 Å². The van der Waals surface area contributed by atoms with E-state index in [1.807, 2.05) is 18.2 Å². The van der Waals surface area contributed by atoms with Gasteiger partial charge in [0.1, 0.15) is 6.04 Å². The number of carboxylic acid groups (broad SMARTS) is 1. The number of fused-ring (bicyclic) bond motifs is 1. The van der Waals surface area contributed by atoms with E-state index in [1.165, 1.54) is 0 Å². The maximum atomic E-state index is 10.5. The van der Waals surface area contributed by atoms with Gasteiger partial charge in [-0.3, -0.25) is 4.79 Å². The molecule has 1 aromatic rings. The fraction of sp³-hybridized carbons (Fsp3) is 0.364. The summed E-state index contributed by atoms with van der Waals surface area (Å²) in [6, 6.07) is 4.69. The molecule has 6 nitrogen and oxygen atoms in total. The molecule has 1 aliphatic heterocycles. The summed E-state index contributed by atoms with van der Waals surface area (Å²) in [4.78, 5) is 10.5. The second-order valence-electron chi connectivity index (χ2n) is 3.73. The van der Waals surface area contributed by atoms with Crippen LogP contribution in [0.25, 0.3) is 0 Å². The van der Waals surface area contributed by atoms with Crippen LogP contribution in [-0.4, -0.2) is 30.5 Å². The molecule has 6 heteroatoms. The van der Waals surface area contributed by atoms with Crippen molar-refractivity contribution in [1.82, 2.24) is 5.32 Å². The van der Waals surface area contributed by atoms with Gasteiger partial charge in [-0.2, -0.15) is 0 Å². The van der Waals surface area contributed by atoms with Crippen molar-refractivity contribution in [2.45, 2.75) is 12.6 Å². The number of nitrogens with one attached hydrogen (secondary N) is 1. The molecule has 1 heterocycles. The molecule has 4 N–H and O–H groups in total. The average molecular weight is 238 g/mol. The number of para-hydroxylation sites is 1. The van der Waals surface area contributed by atoms with Gasteiger partial charge in [0.15, 0.2) is 11.5 Å². The highest BCUT2D eigenvalue weighted by Gasteiger charge is 2.17. The van der Waals surface area contributed by atoms with Crippen LogP contribution < -0.4 is 20.5 Å². The Morgan fingerprint density at radius 2 is 2.35 bits per heavy atom. The normalized spacial score (nSPS) is 14.6. The predicted molar refractivity (Wildman–Crippen MR) is 59.9 cm³/mol. The second-order valence-corrected chi connectivity index (χ2v) is 3.73. The van der Waals surface area contributed by atoms with Gasteiger partial charge in [0.25, 0.3) is 0 Å². The monoisotopic (exact) mass is 238 g/mol. The van der Waals surface area contributed by atoms with Gasteiger partial charge >= 0.3 is 5.97 Å². The number of hydrogen-bond donors (Lipinski definition) is 3. The van der Waals surface area contributed by atoms with Crippen LogP contribution in [0.15, 0.2) is 18.2 Å². The third kappa shape index (κ3) is 2.66. The topological polar surface area (TPSA) is 93.8 Å². The van der Waals surface area contributed by atoms with Crippen molar-refractivity contribution in [2.75, 3.05) is 13.3 Å². The molecule has 0 aromatic heterocycles. The maximum Gasteiger partial charge on any atom is 0.321 e. The minimum Gasteiger partial charge on any atom is -0.480 e. The van der Waals surface area contributed by atoms with E-state index in [1.54, 1.807) is 0 Å². The van der Waals surface area contributed by atoms with E-state index in [-0.39, 0.29) is 13.3 Å². The number of carbonyl (C=O) groups is 1. The number of benzene rings is 1. The molecule has 0 amide bonds. The SMILES string of the molecule is NC(CNCc1cccc2c1OCO2)C(=O)O. The van der Waals surface area contributed by atoms with Gasteiger partial charge in [0.2, 0.25) is 6.79 Å². The fourth-order valence-corrected chi connectivity index (χ4v) is 1.58. The molecule has 0 fully saturated rings. The fourth-order valence-electron chi connectivity index (χ4n) is 1.58. The minimum absolute atomic E-state index is 0.208. The highest BCUT2D eigenvalue weighted by Crippen LogP contribution is 2.35. The quantitative estimate of drug-likeness (QED) is 0.664. The molecule has 1 unspecified atom stereocenters. The number of ether oxygens (including phenoxy) is 2. The molecule has 1 aliphatic rings. The smallest absolute Gasteiger partial charge is 0.321 e. The molecular weight excluding hydrogens is 224 g/mol. The summed E-state index contributed by atoms with van der Waals surface area (Å²) < 4.78 is 10.6. The van der Waals surface area contributed by atoms with Crippen molar-refractivity contribution in [3.05, 3.63) is 23.8 Å². The predicted octanol–water partition coefficient (Wildman–Crippen LogP) is -0.0832. The van der Waals surface area contributed by atoms with Crippen molar-refractivity contribution in [2.24, 2.45) is 5.73 Å². The van der Waals surface area contributed by atoms with Gasteiger partial charge in [-0.1, -0.05) is 12.1 Å². The highest BCUT2D eigenvalue weighted by atomic mass is 16.7. The van der Waals surface area contributed by atoms with Crippen LogP contribution >= 0.6 is 0 Å². The zero-order valence-corrected chi connectivity index (χ0v) is 9.18. The number of rotatable bonds is 5. The summed E-state index contributed by atoms with van der Waals surface area (Å²) >= 11 is 0. The van der Waals surface area contributed by atoms with Gasteiger partial charge < -0.3 is 25.6 Å². The Morgan fingerprint density at radius 3 is 3.12 bits per heavy atom. The summed E-state index contributed by atoms with van der Waals surface area (Å²) in [5.74, 6) is 0.408. The third-order valence-electron chi connectivity index (χ3n) is 2.48. The Morgan fingerprint density at radius 1 is 1.53 bits per heavy atom. The van der Waals surface area contributed by atoms with Gasteiger partial charge in [-0.25, -0.2) is 0 Å². The molecule has 0 saturated carbocycles. The summed E-state index contributed by atoms with van der Waals surface area (Å²) in [5.41, 5.74) is 6.30. The van der Waals surface area contributed by atoms with Gasteiger partial charge in [-0.15, -0.1) is 0 Å². The Bertz CT molecular complexity index is 422. The zero-order valence-electron chi connectivity index (χ0n) is 9.18. The number of hydrogen-bond acceptors (Lipinski definition) is 5. The number of aliphatic carboxylic acids is 1. The van der Waals surface area contributed by atoms with Crippen molar-refractivity contribution >= 4 is 5.97 Å². The van der Waals surface area contributed by atoms with E-state index in [0.717, 1.165) is 5.56 Å². The van der Waals surface area contributed by atoms with Crippen LogP contribution in [0.4, 0.5) is 0 Å². The van der Waals surface area contributed by atoms with Crippen molar-refractivity contribution in [1.29, 1.82) is 0 Å². The van der Waals surface area contributed by atoms with Crippen LogP contribution in [0.5, 0.6) is 11.5 Å². The molecule has 17 heavy (non-hydrogen) atoms. The van der Waals surface area contributed by atoms with E-state index in [2.05, 4.69) is 5.32 Å². The maximum absolute atomic E-state index is 10.5. The van der Waals surface area contributed by atoms with Crippen molar-refractivity contribution in [3.63, 3.8) is 0 Å². The Balaban J connectivity index is 1.92. The minimum atomic E-state index is -1.02. The largest absolute Gasteiger partial charge is 0.480 e. The van der Waals surface area contributed by atoms with Gasteiger partial charge in [0, 0.05) is 18.7 Å². The van der Waals surface area contributed by atoms with E-state index < -0.39 is 12.0 Å². The van der Waals surface area contributed by atoms with Gasteiger partial charge in [-0.05, 0) is 6.07 Å². The summed E-state index contributed by atoms with van der Waals surface area (Å²) in [6.07, 6.45) is 0. The molecule has 1 aromatic carbocycles. The molecule has 0 aliphatic carbocycles. The van der Waals surface area contributed by atoms with Crippen LogP contribution in [0.2, 0.25) is 0 Å². The first-order chi connectivity index (χ1) is 8.18. The van der Waals surface area contributed by atoms with Crippen molar-refractivity contribution < 1.29 is 19.4 Å². The Kier molecular flexibility index (Phi) is 3.46.